The van der Waals surface area contributed by atoms with Crippen molar-refractivity contribution in [2.45, 2.75) is 79.1 Å². The summed E-state index contributed by atoms with van der Waals surface area (Å²) in [5, 5.41) is 0. The van der Waals surface area contributed by atoms with Crippen molar-refractivity contribution in [1.82, 2.24) is 0 Å². The maximum absolute atomic E-state index is 4.50. The summed E-state index contributed by atoms with van der Waals surface area (Å²) in [6, 6.07) is 0. The summed E-state index contributed by atoms with van der Waals surface area (Å²) >= 11 is 0. The highest BCUT2D eigenvalue weighted by molar-refractivity contribution is 5.34. The van der Waals surface area contributed by atoms with Crippen LogP contribution in [-0.2, 0) is 0 Å². The molecule has 0 heterocycles. The molecule has 0 aromatic heterocycles. The maximum atomic E-state index is 4.50. The molecular formula is C20H32. The molecule has 4 aliphatic carbocycles. The fourth-order valence-corrected chi connectivity index (χ4v) is 8.57. The Morgan fingerprint density at radius 3 is 2.30 bits per heavy atom. The topological polar surface area (TPSA) is 0 Å². The molecule has 112 valence electrons. The Bertz CT molecular complexity index is 476. The molecule has 0 unspecified atom stereocenters. The van der Waals surface area contributed by atoms with Crippen LogP contribution in [0, 0.1) is 33.5 Å². The SMILES string of the molecule is C=C1C[C@@]2(C)CC[C@]34[C@H](C)CCC[C@@]3(C)CC[C@]24[C@@H]1C. The highest BCUT2D eigenvalue weighted by Gasteiger charge is 2.78. The Morgan fingerprint density at radius 2 is 1.55 bits per heavy atom. The van der Waals surface area contributed by atoms with E-state index in [2.05, 4.69) is 34.3 Å². The van der Waals surface area contributed by atoms with Gasteiger partial charge in [-0.1, -0.05) is 52.7 Å². The second-order valence-corrected chi connectivity index (χ2v) is 9.41. The molecule has 6 atom stereocenters. The summed E-state index contributed by atoms with van der Waals surface area (Å²) in [5.41, 5.74) is 3.99. The van der Waals surface area contributed by atoms with Crippen LogP contribution in [0.2, 0.25) is 0 Å². The normalized spacial score (nSPS) is 61.3. The molecule has 0 aromatic rings. The minimum absolute atomic E-state index is 0.562. The average Bonchev–Trinajstić information content (AvgIpc) is 2.88. The van der Waals surface area contributed by atoms with E-state index in [1.54, 1.807) is 5.57 Å². The van der Waals surface area contributed by atoms with Gasteiger partial charge in [0.15, 0.2) is 0 Å². The fraction of sp³-hybridized carbons (Fsp3) is 0.900. The zero-order valence-electron chi connectivity index (χ0n) is 14.0. The number of hydrogen-bond acceptors (Lipinski definition) is 0. The average molecular weight is 272 g/mol. The smallest absolute Gasteiger partial charge is 0.0113 e. The number of allylic oxidation sites excluding steroid dienone is 1. The second kappa shape index (κ2) is 3.55. The molecule has 20 heavy (non-hydrogen) atoms. The largest absolute Gasteiger partial charge is 0.0995 e. The van der Waals surface area contributed by atoms with Crippen molar-refractivity contribution in [3.63, 3.8) is 0 Å². The molecule has 0 aliphatic heterocycles. The maximum Gasteiger partial charge on any atom is -0.0113 e. The Kier molecular flexibility index (Phi) is 2.38. The van der Waals surface area contributed by atoms with E-state index in [-0.39, 0.29) is 0 Å². The van der Waals surface area contributed by atoms with Gasteiger partial charge < -0.3 is 0 Å². The highest BCUT2D eigenvalue weighted by atomic mass is 14.8. The number of rotatable bonds is 0. The van der Waals surface area contributed by atoms with Crippen LogP contribution in [-0.4, -0.2) is 0 Å². The van der Waals surface area contributed by atoms with E-state index < -0.39 is 0 Å². The van der Waals surface area contributed by atoms with Gasteiger partial charge in [0.1, 0.15) is 0 Å². The van der Waals surface area contributed by atoms with Crippen molar-refractivity contribution in [2.24, 2.45) is 33.5 Å². The molecular weight excluding hydrogens is 240 g/mol. The molecule has 4 saturated carbocycles. The molecule has 4 rings (SSSR count). The van der Waals surface area contributed by atoms with Crippen LogP contribution in [0.4, 0.5) is 0 Å². The van der Waals surface area contributed by atoms with Crippen molar-refractivity contribution in [1.29, 1.82) is 0 Å². The van der Waals surface area contributed by atoms with E-state index in [4.69, 9.17) is 0 Å². The van der Waals surface area contributed by atoms with Crippen molar-refractivity contribution < 1.29 is 0 Å². The third-order valence-electron chi connectivity index (χ3n) is 9.27. The zero-order valence-corrected chi connectivity index (χ0v) is 14.0. The van der Waals surface area contributed by atoms with Crippen LogP contribution in [0.5, 0.6) is 0 Å². The summed E-state index contributed by atoms with van der Waals surface area (Å²) < 4.78 is 0. The zero-order chi connectivity index (χ0) is 14.4. The summed E-state index contributed by atoms with van der Waals surface area (Å²) in [6.45, 7) is 14.9. The van der Waals surface area contributed by atoms with Crippen LogP contribution < -0.4 is 0 Å². The molecule has 2 spiro atoms. The third-order valence-corrected chi connectivity index (χ3v) is 9.27. The van der Waals surface area contributed by atoms with Crippen LogP contribution in [0.15, 0.2) is 12.2 Å². The lowest BCUT2D eigenvalue weighted by Gasteiger charge is -2.59. The van der Waals surface area contributed by atoms with Gasteiger partial charge in [-0.25, -0.2) is 0 Å². The first-order chi connectivity index (χ1) is 9.33. The molecule has 4 aliphatic rings. The third kappa shape index (κ3) is 1.05. The van der Waals surface area contributed by atoms with Gasteiger partial charge in [0.05, 0.1) is 0 Å². The van der Waals surface area contributed by atoms with E-state index in [9.17, 15) is 0 Å². The molecule has 0 bridgehead atoms. The molecule has 0 saturated heterocycles. The lowest BCUT2D eigenvalue weighted by molar-refractivity contribution is -0.116. The molecule has 0 N–H and O–H groups in total. The molecule has 0 radical (unpaired) electrons. The van der Waals surface area contributed by atoms with Gasteiger partial charge >= 0.3 is 0 Å². The van der Waals surface area contributed by atoms with Crippen molar-refractivity contribution in [3.8, 4) is 0 Å². The first-order valence-electron chi connectivity index (χ1n) is 9.01. The Balaban J connectivity index is 1.97. The van der Waals surface area contributed by atoms with Crippen LogP contribution in [0.25, 0.3) is 0 Å². The van der Waals surface area contributed by atoms with Crippen LogP contribution in [0.1, 0.15) is 79.1 Å². The Morgan fingerprint density at radius 1 is 0.900 bits per heavy atom. The van der Waals surface area contributed by atoms with E-state index in [1.807, 2.05) is 0 Å². The van der Waals surface area contributed by atoms with Gasteiger partial charge in [-0.3, -0.25) is 0 Å². The quantitative estimate of drug-likeness (QED) is 0.476. The first-order valence-corrected chi connectivity index (χ1v) is 9.01. The molecule has 4 fully saturated rings. The summed E-state index contributed by atoms with van der Waals surface area (Å²) in [4.78, 5) is 0. The highest BCUT2D eigenvalue weighted by Crippen LogP contribution is 2.86. The van der Waals surface area contributed by atoms with Gasteiger partial charge in [0.25, 0.3) is 0 Å². The molecule has 0 nitrogen and oxygen atoms in total. The Hall–Kier alpha value is -0.260. The fourth-order valence-electron chi connectivity index (χ4n) is 8.57. The minimum atomic E-state index is 0.562. The first kappa shape index (κ1) is 13.4. The lowest BCUT2D eigenvalue weighted by Crippen LogP contribution is -2.54. The van der Waals surface area contributed by atoms with Gasteiger partial charge in [-0.05, 0) is 72.0 Å². The van der Waals surface area contributed by atoms with E-state index in [0.29, 0.717) is 21.7 Å². The van der Waals surface area contributed by atoms with E-state index in [0.717, 1.165) is 11.8 Å². The van der Waals surface area contributed by atoms with Gasteiger partial charge in [-0.15, -0.1) is 0 Å². The molecule has 0 amide bonds. The van der Waals surface area contributed by atoms with Crippen molar-refractivity contribution in [3.05, 3.63) is 12.2 Å². The standard InChI is InChI=1S/C20H32/c1-14-13-18(5)10-11-19-15(2)7-6-8-17(19,4)9-12-20(18,19)16(14)3/h15-16H,1,6-13H2,2-5H3/t15-,16-,17+,18-,19+,20+/m1/s1. The molecule has 0 aromatic carbocycles. The predicted molar refractivity (Wildman–Crippen MR) is 85.5 cm³/mol. The second-order valence-electron chi connectivity index (χ2n) is 9.41. The van der Waals surface area contributed by atoms with Crippen molar-refractivity contribution in [2.75, 3.05) is 0 Å². The van der Waals surface area contributed by atoms with Gasteiger partial charge in [0.2, 0.25) is 0 Å². The monoisotopic (exact) mass is 272 g/mol. The summed E-state index contributed by atoms with van der Waals surface area (Å²) in [7, 11) is 0. The van der Waals surface area contributed by atoms with Crippen molar-refractivity contribution >= 4 is 0 Å². The number of hydrogen-bond donors (Lipinski definition) is 0. The predicted octanol–water partition coefficient (Wildman–Crippen LogP) is 5.98. The lowest BCUT2D eigenvalue weighted by atomic mass is 9.44. The minimum Gasteiger partial charge on any atom is -0.0995 e. The van der Waals surface area contributed by atoms with E-state index >= 15 is 0 Å². The summed E-state index contributed by atoms with van der Waals surface area (Å²) in [6.07, 6.45) is 11.7. The van der Waals surface area contributed by atoms with Crippen LogP contribution >= 0.6 is 0 Å². The van der Waals surface area contributed by atoms with Gasteiger partial charge in [-0.2, -0.15) is 0 Å². The Labute approximate surface area is 125 Å². The van der Waals surface area contributed by atoms with Gasteiger partial charge in [0, 0.05) is 0 Å². The summed E-state index contributed by atoms with van der Waals surface area (Å²) in [5.74, 6) is 1.69. The van der Waals surface area contributed by atoms with E-state index in [1.165, 1.54) is 51.4 Å². The van der Waals surface area contributed by atoms with Crippen LogP contribution in [0.3, 0.4) is 0 Å². The molecule has 0 heteroatoms.